The second-order valence-corrected chi connectivity index (χ2v) is 13.9. The highest BCUT2D eigenvalue weighted by atomic mass is 16.5. The second-order valence-electron chi connectivity index (χ2n) is 13.9. The topological polar surface area (TPSA) is 161 Å². The monoisotopic (exact) mass is 726 g/mol. The van der Waals surface area contributed by atoms with Gasteiger partial charge in [-0.1, -0.05) is 0 Å². The molecule has 1 saturated heterocycles. The fourth-order valence-corrected chi connectivity index (χ4v) is 8.24. The smallest absolute Gasteiger partial charge is 0.352 e. The molecule has 3 aromatic carbocycles. The van der Waals surface area contributed by atoms with Crippen molar-refractivity contribution < 1.29 is 29.0 Å². The van der Waals surface area contributed by atoms with Crippen molar-refractivity contribution in [2.45, 2.75) is 25.7 Å². The largest absolute Gasteiger partial charge is 0.494 e. The van der Waals surface area contributed by atoms with Gasteiger partial charge in [-0.25, -0.2) is 4.79 Å². The van der Waals surface area contributed by atoms with Crippen molar-refractivity contribution in [1.29, 1.82) is 0 Å². The van der Waals surface area contributed by atoms with Crippen LogP contribution in [0.15, 0.2) is 71.0 Å². The number of anilines is 3. The van der Waals surface area contributed by atoms with Crippen LogP contribution in [-0.2, 0) is 19.9 Å². The highest BCUT2D eigenvalue weighted by Gasteiger charge is 2.32. The molecule has 0 bridgehead atoms. The zero-order chi connectivity index (χ0) is 37.2. The number of methoxy groups -OCH3 is 2. The zero-order valence-corrected chi connectivity index (χ0v) is 30.1. The summed E-state index contributed by atoms with van der Waals surface area (Å²) in [5, 5.41) is 20.1. The van der Waals surface area contributed by atoms with E-state index in [1.165, 1.54) is 0 Å². The fraction of sp³-hybridized carbons (Fsp3) is 0.275. The van der Waals surface area contributed by atoms with E-state index in [2.05, 4.69) is 25.1 Å². The molecule has 3 aliphatic heterocycles. The van der Waals surface area contributed by atoms with E-state index in [9.17, 15) is 19.5 Å². The van der Waals surface area contributed by atoms with Gasteiger partial charge in [-0.15, -0.1) is 10.2 Å². The van der Waals surface area contributed by atoms with Crippen LogP contribution in [0, 0.1) is 0 Å². The first-order chi connectivity index (χ1) is 26.2. The Morgan fingerprint density at radius 1 is 0.704 bits per heavy atom. The number of aromatic carboxylic acids is 1. The van der Waals surface area contributed by atoms with Gasteiger partial charge in [-0.05, 0) is 79.3 Å². The van der Waals surface area contributed by atoms with Gasteiger partial charge in [0.25, 0.3) is 11.8 Å². The Hall–Kier alpha value is -6.57. The summed E-state index contributed by atoms with van der Waals surface area (Å²) < 4.78 is 13.1. The molecule has 274 valence electrons. The van der Waals surface area contributed by atoms with Crippen LogP contribution in [0.5, 0.6) is 11.5 Å². The van der Waals surface area contributed by atoms with E-state index >= 15 is 0 Å². The standard InChI is InChI=1S/C40H38N8O6/c1-45-21-22(43-44-29-19-37(54-3)34(20-36(29)53-2)46-12-4-5-13-46)16-35(45)39(50)48-15-11-23-25-17-30(41-27(25)6-9-33(23)48)38(49)47-14-10-24-26-18-31(40(51)52)42-28(26)7-8-32(24)47/h6-9,16-21,41-42H,4-5,10-15H2,1-3H3,(H,51,52). The van der Waals surface area contributed by atoms with E-state index in [0.717, 1.165) is 75.9 Å². The van der Waals surface area contributed by atoms with Crippen molar-refractivity contribution in [3.63, 3.8) is 0 Å². The summed E-state index contributed by atoms with van der Waals surface area (Å²) >= 11 is 0. The Morgan fingerprint density at radius 3 is 1.94 bits per heavy atom. The molecule has 14 heteroatoms. The van der Waals surface area contributed by atoms with Crippen LogP contribution in [0.2, 0.25) is 0 Å². The lowest BCUT2D eigenvalue weighted by atomic mass is 10.1. The van der Waals surface area contributed by atoms with Crippen molar-refractivity contribution in [3.8, 4) is 11.5 Å². The molecule has 3 aromatic heterocycles. The van der Waals surface area contributed by atoms with Crippen LogP contribution in [-0.4, -0.2) is 77.8 Å². The number of hydrogen-bond donors (Lipinski definition) is 3. The molecule has 0 unspecified atom stereocenters. The van der Waals surface area contributed by atoms with E-state index in [0.29, 0.717) is 60.2 Å². The number of aryl methyl sites for hydroxylation is 1. The first kappa shape index (κ1) is 33.3. The van der Waals surface area contributed by atoms with Crippen molar-refractivity contribution in [3.05, 3.63) is 89.0 Å². The van der Waals surface area contributed by atoms with Crippen LogP contribution in [0.25, 0.3) is 21.8 Å². The minimum atomic E-state index is -1.02. The maximum absolute atomic E-state index is 14.0. The number of amides is 2. The summed E-state index contributed by atoms with van der Waals surface area (Å²) in [5.41, 5.74) is 8.15. The summed E-state index contributed by atoms with van der Waals surface area (Å²) in [4.78, 5) is 51.5. The predicted octanol–water partition coefficient (Wildman–Crippen LogP) is 7.12. The van der Waals surface area contributed by atoms with Gasteiger partial charge in [0.1, 0.15) is 40.0 Å². The van der Waals surface area contributed by atoms with Crippen molar-refractivity contribution in [2.75, 3.05) is 55.1 Å². The lowest BCUT2D eigenvalue weighted by molar-refractivity contribution is 0.0691. The van der Waals surface area contributed by atoms with Gasteiger partial charge in [-0.2, -0.15) is 0 Å². The number of H-pyrrole nitrogens is 2. The van der Waals surface area contributed by atoms with E-state index in [4.69, 9.17) is 9.47 Å². The molecule has 14 nitrogen and oxygen atoms in total. The molecule has 0 atom stereocenters. The average molecular weight is 727 g/mol. The molecular formula is C40H38N8O6. The minimum absolute atomic E-state index is 0.120. The lowest BCUT2D eigenvalue weighted by Gasteiger charge is -2.21. The number of nitrogens with one attached hydrogen (secondary N) is 2. The molecule has 3 N–H and O–H groups in total. The van der Waals surface area contributed by atoms with E-state index in [-0.39, 0.29) is 17.5 Å². The number of benzene rings is 3. The first-order valence-corrected chi connectivity index (χ1v) is 18.0. The van der Waals surface area contributed by atoms with Crippen molar-refractivity contribution in [1.82, 2.24) is 14.5 Å². The van der Waals surface area contributed by atoms with Crippen LogP contribution < -0.4 is 24.2 Å². The van der Waals surface area contributed by atoms with Crippen molar-refractivity contribution in [2.24, 2.45) is 17.3 Å². The van der Waals surface area contributed by atoms with Crippen LogP contribution in [0.4, 0.5) is 28.4 Å². The SMILES string of the molecule is COc1cc(N2CCCC2)c(OC)cc1N=Nc1cc(C(=O)N2CCc3c2ccc2[nH]c(C(=O)N4CCc5c4ccc4[nH]c(C(=O)O)cc54)cc32)n(C)c1. The zero-order valence-electron chi connectivity index (χ0n) is 30.1. The molecule has 54 heavy (non-hydrogen) atoms. The second kappa shape index (κ2) is 12.8. The molecule has 3 aliphatic rings. The lowest BCUT2D eigenvalue weighted by Crippen LogP contribution is -2.30. The molecule has 6 aromatic rings. The van der Waals surface area contributed by atoms with Crippen LogP contribution in [0.1, 0.15) is 55.4 Å². The molecule has 0 saturated carbocycles. The number of rotatable bonds is 8. The van der Waals surface area contributed by atoms with E-state index < -0.39 is 5.97 Å². The first-order valence-electron chi connectivity index (χ1n) is 18.0. The summed E-state index contributed by atoms with van der Waals surface area (Å²) in [5.74, 6) is -0.0584. The summed E-state index contributed by atoms with van der Waals surface area (Å²) in [6.45, 7) is 2.91. The number of carbonyl (C=O) groups excluding carboxylic acids is 2. The quantitative estimate of drug-likeness (QED) is 0.141. The maximum atomic E-state index is 14.0. The Labute approximate surface area is 309 Å². The van der Waals surface area contributed by atoms with Gasteiger partial charge in [-0.3, -0.25) is 9.59 Å². The summed E-state index contributed by atoms with van der Waals surface area (Å²) in [6, 6.07) is 16.5. The number of ether oxygens (including phenoxy) is 2. The number of azo groups is 1. The summed E-state index contributed by atoms with van der Waals surface area (Å²) in [6.07, 6.45) is 5.31. The molecular weight excluding hydrogens is 688 g/mol. The molecule has 0 spiro atoms. The minimum Gasteiger partial charge on any atom is -0.494 e. The van der Waals surface area contributed by atoms with Gasteiger partial charge in [0.15, 0.2) is 0 Å². The molecule has 6 heterocycles. The maximum Gasteiger partial charge on any atom is 0.352 e. The molecule has 0 aliphatic carbocycles. The van der Waals surface area contributed by atoms with Crippen LogP contribution >= 0.6 is 0 Å². The summed E-state index contributed by atoms with van der Waals surface area (Å²) in [7, 11) is 5.06. The molecule has 1 fully saturated rings. The number of carboxylic acid groups (broad SMARTS) is 1. The Kier molecular flexibility index (Phi) is 7.91. The van der Waals surface area contributed by atoms with Gasteiger partial charge in [0.05, 0.1) is 19.9 Å². The predicted molar refractivity (Wildman–Crippen MR) is 205 cm³/mol. The normalized spacial score (nSPS) is 15.2. The number of carbonyl (C=O) groups is 3. The number of aromatic nitrogens is 3. The number of fused-ring (bicyclic) bond motifs is 6. The molecule has 2 amide bonds. The number of hydrogen-bond acceptors (Lipinski definition) is 8. The van der Waals surface area contributed by atoms with E-state index in [1.807, 2.05) is 49.5 Å². The highest BCUT2D eigenvalue weighted by Crippen LogP contribution is 2.42. The Bertz CT molecular complexity index is 2560. The number of nitrogens with zero attached hydrogens (tertiary/aromatic N) is 6. The average Bonchev–Trinajstić information content (AvgIpc) is 4.03. The van der Waals surface area contributed by atoms with Gasteiger partial charge < -0.3 is 43.8 Å². The number of carboxylic acids is 1. The third-order valence-electron chi connectivity index (χ3n) is 10.9. The Morgan fingerprint density at radius 2 is 1.31 bits per heavy atom. The van der Waals surface area contributed by atoms with Gasteiger partial charge in [0.2, 0.25) is 0 Å². The van der Waals surface area contributed by atoms with Gasteiger partial charge in [0, 0.05) is 84.7 Å². The molecule has 0 radical (unpaired) electrons. The fourth-order valence-electron chi connectivity index (χ4n) is 8.24. The third-order valence-corrected chi connectivity index (χ3v) is 10.9. The van der Waals surface area contributed by atoms with E-state index in [1.54, 1.807) is 46.9 Å². The highest BCUT2D eigenvalue weighted by molar-refractivity contribution is 6.12. The third kappa shape index (κ3) is 5.35. The number of aromatic amines is 2. The van der Waals surface area contributed by atoms with Crippen molar-refractivity contribution >= 4 is 68.0 Å². The molecule has 9 rings (SSSR count). The Balaban J connectivity index is 0.953. The van der Waals surface area contributed by atoms with Gasteiger partial charge >= 0.3 is 5.97 Å². The van der Waals surface area contributed by atoms with Crippen LogP contribution in [0.3, 0.4) is 0 Å².